The Kier molecular flexibility index (Phi) is 2.77. The Bertz CT molecular complexity index is 283. The monoisotopic (exact) mass is 189 g/mol. The summed E-state index contributed by atoms with van der Waals surface area (Å²) in [4.78, 5) is 0. The van der Waals surface area contributed by atoms with Gasteiger partial charge in [-0.05, 0) is 13.8 Å². The van der Waals surface area contributed by atoms with Crippen LogP contribution in [0.2, 0.25) is 5.02 Å². The van der Waals surface area contributed by atoms with E-state index in [4.69, 9.17) is 21.8 Å². The predicted octanol–water partition coefficient (Wildman–Crippen LogP) is 1.54. The molecule has 0 aliphatic heterocycles. The summed E-state index contributed by atoms with van der Waals surface area (Å²) in [5.74, 6) is 1.09. The molecular formula is C8H12ClNO2. The number of hydrogen-bond acceptors (Lipinski definition) is 3. The number of furan rings is 1. The summed E-state index contributed by atoms with van der Waals surface area (Å²) in [6.45, 7) is 3.69. The fraction of sp³-hybridized carbons (Fsp3) is 0.500. The van der Waals surface area contributed by atoms with Crippen LogP contribution in [-0.2, 0) is 0 Å². The molecular weight excluding hydrogens is 178 g/mol. The van der Waals surface area contributed by atoms with Crippen LogP contribution in [0.15, 0.2) is 4.42 Å². The molecule has 1 atom stereocenters. The molecule has 1 unspecified atom stereocenters. The summed E-state index contributed by atoms with van der Waals surface area (Å²) in [7, 11) is 0. The van der Waals surface area contributed by atoms with E-state index in [2.05, 4.69) is 0 Å². The van der Waals surface area contributed by atoms with Gasteiger partial charge in [-0.15, -0.1) is 0 Å². The van der Waals surface area contributed by atoms with E-state index in [1.807, 2.05) is 0 Å². The van der Waals surface area contributed by atoms with Crippen molar-refractivity contribution in [3.05, 3.63) is 22.1 Å². The van der Waals surface area contributed by atoms with Gasteiger partial charge in [0.05, 0.1) is 5.02 Å². The van der Waals surface area contributed by atoms with Crippen molar-refractivity contribution in [1.82, 2.24) is 0 Å². The van der Waals surface area contributed by atoms with E-state index in [1.54, 1.807) is 13.8 Å². The Morgan fingerprint density at radius 1 is 1.58 bits per heavy atom. The van der Waals surface area contributed by atoms with Crippen LogP contribution in [0.25, 0.3) is 0 Å². The first-order chi connectivity index (χ1) is 5.57. The summed E-state index contributed by atoms with van der Waals surface area (Å²) in [6, 6.07) is 0. The highest BCUT2D eigenvalue weighted by molar-refractivity contribution is 6.32. The summed E-state index contributed by atoms with van der Waals surface area (Å²) in [6.07, 6.45) is -0.754. The Morgan fingerprint density at radius 2 is 2.17 bits per heavy atom. The topological polar surface area (TPSA) is 59.4 Å². The molecule has 12 heavy (non-hydrogen) atoms. The van der Waals surface area contributed by atoms with Crippen LogP contribution in [0.3, 0.4) is 0 Å². The molecule has 0 aliphatic carbocycles. The van der Waals surface area contributed by atoms with Crippen molar-refractivity contribution in [3.63, 3.8) is 0 Å². The van der Waals surface area contributed by atoms with E-state index in [0.29, 0.717) is 16.5 Å². The SMILES string of the molecule is Cc1oc(C(O)CN)c(C)c1Cl. The van der Waals surface area contributed by atoms with E-state index in [0.717, 1.165) is 5.56 Å². The molecule has 68 valence electrons. The Hall–Kier alpha value is -0.510. The number of aryl methyl sites for hydroxylation is 1. The minimum absolute atomic E-state index is 0.143. The third-order valence-electron chi connectivity index (χ3n) is 1.80. The highest BCUT2D eigenvalue weighted by Gasteiger charge is 2.17. The van der Waals surface area contributed by atoms with Gasteiger partial charge in [0.15, 0.2) is 0 Å². The minimum Gasteiger partial charge on any atom is -0.462 e. The van der Waals surface area contributed by atoms with Crippen molar-refractivity contribution >= 4 is 11.6 Å². The van der Waals surface area contributed by atoms with Crippen molar-refractivity contribution in [3.8, 4) is 0 Å². The zero-order valence-corrected chi connectivity index (χ0v) is 7.85. The standard InChI is InChI=1S/C8H12ClNO2/c1-4-7(9)5(2)12-8(4)6(11)3-10/h6,11H,3,10H2,1-2H3. The predicted molar refractivity (Wildman–Crippen MR) is 47.2 cm³/mol. The molecule has 1 aromatic heterocycles. The fourth-order valence-corrected chi connectivity index (χ4v) is 1.22. The van der Waals surface area contributed by atoms with Gasteiger partial charge in [-0.1, -0.05) is 11.6 Å². The van der Waals surface area contributed by atoms with E-state index in [-0.39, 0.29) is 6.54 Å². The largest absolute Gasteiger partial charge is 0.462 e. The van der Waals surface area contributed by atoms with Gasteiger partial charge >= 0.3 is 0 Å². The molecule has 1 aromatic rings. The summed E-state index contributed by atoms with van der Waals surface area (Å²) < 4.78 is 5.24. The molecule has 0 fully saturated rings. The maximum Gasteiger partial charge on any atom is 0.138 e. The van der Waals surface area contributed by atoms with Gasteiger partial charge in [-0.25, -0.2) is 0 Å². The minimum atomic E-state index is -0.754. The second-order valence-corrected chi connectivity index (χ2v) is 3.09. The highest BCUT2D eigenvalue weighted by atomic mass is 35.5. The Morgan fingerprint density at radius 3 is 2.50 bits per heavy atom. The van der Waals surface area contributed by atoms with Gasteiger partial charge in [0, 0.05) is 12.1 Å². The van der Waals surface area contributed by atoms with E-state index < -0.39 is 6.10 Å². The van der Waals surface area contributed by atoms with Crippen molar-refractivity contribution in [2.75, 3.05) is 6.54 Å². The van der Waals surface area contributed by atoms with Crippen molar-refractivity contribution in [2.45, 2.75) is 20.0 Å². The number of rotatable bonds is 2. The summed E-state index contributed by atoms with van der Waals surface area (Å²) in [5.41, 5.74) is 6.05. The van der Waals surface area contributed by atoms with Gasteiger partial charge in [0.25, 0.3) is 0 Å². The van der Waals surface area contributed by atoms with Crippen LogP contribution in [0.1, 0.15) is 23.2 Å². The third kappa shape index (κ3) is 1.48. The quantitative estimate of drug-likeness (QED) is 0.742. The van der Waals surface area contributed by atoms with Crippen LogP contribution < -0.4 is 5.73 Å². The second kappa shape index (κ2) is 3.47. The smallest absolute Gasteiger partial charge is 0.138 e. The molecule has 4 heteroatoms. The lowest BCUT2D eigenvalue weighted by Crippen LogP contribution is -2.11. The molecule has 0 radical (unpaired) electrons. The number of nitrogens with two attached hydrogens (primary N) is 1. The van der Waals surface area contributed by atoms with E-state index in [1.165, 1.54) is 0 Å². The lowest BCUT2D eigenvalue weighted by Gasteiger charge is -2.03. The maximum atomic E-state index is 9.37. The maximum absolute atomic E-state index is 9.37. The molecule has 3 N–H and O–H groups in total. The zero-order chi connectivity index (χ0) is 9.30. The molecule has 3 nitrogen and oxygen atoms in total. The van der Waals surface area contributed by atoms with Crippen molar-refractivity contribution in [2.24, 2.45) is 5.73 Å². The highest BCUT2D eigenvalue weighted by Crippen LogP contribution is 2.29. The van der Waals surface area contributed by atoms with Gasteiger partial charge in [0.1, 0.15) is 17.6 Å². The molecule has 1 rings (SSSR count). The first-order valence-corrected chi connectivity index (χ1v) is 4.09. The molecule has 1 heterocycles. The molecule has 0 saturated heterocycles. The van der Waals surface area contributed by atoms with Crippen molar-refractivity contribution < 1.29 is 9.52 Å². The lowest BCUT2D eigenvalue weighted by atomic mass is 10.2. The summed E-state index contributed by atoms with van der Waals surface area (Å²) >= 11 is 5.85. The fourth-order valence-electron chi connectivity index (χ4n) is 1.08. The van der Waals surface area contributed by atoms with Crippen LogP contribution in [0.5, 0.6) is 0 Å². The Labute approximate surface area is 76.1 Å². The van der Waals surface area contributed by atoms with E-state index in [9.17, 15) is 5.11 Å². The number of aliphatic hydroxyl groups is 1. The number of halogens is 1. The third-order valence-corrected chi connectivity index (χ3v) is 2.35. The normalized spacial score (nSPS) is 13.4. The van der Waals surface area contributed by atoms with Crippen LogP contribution in [0.4, 0.5) is 0 Å². The average molecular weight is 190 g/mol. The first-order valence-electron chi connectivity index (χ1n) is 3.71. The van der Waals surface area contributed by atoms with Crippen LogP contribution in [0, 0.1) is 13.8 Å². The summed E-state index contributed by atoms with van der Waals surface area (Å²) in [5, 5.41) is 9.94. The molecule has 0 spiro atoms. The van der Waals surface area contributed by atoms with Crippen LogP contribution >= 0.6 is 11.6 Å². The van der Waals surface area contributed by atoms with Gasteiger partial charge < -0.3 is 15.3 Å². The second-order valence-electron chi connectivity index (χ2n) is 2.71. The lowest BCUT2D eigenvalue weighted by molar-refractivity contribution is 0.155. The number of aliphatic hydroxyl groups excluding tert-OH is 1. The van der Waals surface area contributed by atoms with Crippen LogP contribution in [-0.4, -0.2) is 11.7 Å². The van der Waals surface area contributed by atoms with Gasteiger partial charge in [0.2, 0.25) is 0 Å². The Balaban J connectivity index is 3.08. The van der Waals surface area contributed by atoms with Gasteiger partial charge in [-0.2, -0.15) is 0 Å². The first kappa shape index (κ1) is 9.58. The van der Waals surface area contributed by atoms with Gasteiger partial charge in [-0.3, -0.25) is 0 Å². The van der Waals surface area contributed by atoms with E-state index >= 15 is 0 Å². The molecule has 0 aliphatic rings. The zero-order valence-electron chi connectivity index (χ0n) is 7.10. The molecule has 0 amide bonds. The molecule has 0 aromatic carbocycles. The van der Waals surface area contributed by atoms with Crippen molar-refractivity contribution in [1.29, 1.82) is 0 Å². The molecule has 0 bridgehead atoms. The average Bonchev–Trinajstić information content (AvgIpc) is 2.32. The number of hydrogen-bond donors (Lipinski definition) is 2. The molecule has 0 saturated carbocycles.